The number of piperazine rings is 1. The first-order valence-corrected chi connectivity index (χ1v) is 7.68. The molecule has 0 unspecified atom stereocenters. The van der Waals surface area contributed by atoms with Crippen LogP contribution in [0.15, 0.2) is 24.3 Å². The molecule has 1 heterocycles. The zero-order valence-electron chi connectivity index (χ0n) is 13.7. The lowest BCUT2D eigenvalue weighted by Crippen LogP contribution is -2.43. The molecule has 0 saturated carbocycles. The van der Waals surface area contributed by atoms with Gasteiger partial charge in [-0.15, -0.1) is 0 Å². The average molecular weight is 275 g/mol. The minimum atomic E-state index is 0.756. The molecule has 1 aromatic rings. The summed E-state index contributed by atoms with van der Waals surface area (Å²) in [5, 5.41) is 8.83. The molecule has 0 amide bonds. The second kappa shape index (κ2) is 11.5. The van der Waals surface area contributed by atoms with Gasteiger partial charge in [0.1, 0.15) is 0 Å². The Kier molecular flexibility index (Phi) is 10.7. The summed E-state index contributed by atoms with van der Waals surface area (Å²) in [5.74, 6) is 0. The van der Waals surface area contributed by atoms with E-state index in [4.69, 9.17) is 5.26 Å². The van der Waals surface area contributed by atoms with Crippen LogP contribution in [0.25, 0.3) is 0 Å². The molecule has 1 saturated heterocycles. The Morgan fingerprint density at radius 3 is 2.20 bits per heavy atom. The number of rotatable bonds is 2. The van der Waals surface area contributed by atoms with Crippen molar-refractivity contribution in [3.05, 3.63) is 35.4 Å². The number of likely N-dealkylation sites (N-methyl/N-ethyl adjacent to an activating group) is 1. The Balaban J connectivity index is 0.000000829. The van der Waals surface area contributed by atoms with E-state index >= 15 is 0 Å². The minimum absolute atomic E-state index is 0.756. The smallest absolute Gasteiger partial charge is 0.0991 e. The predicted molar refractivity (Wildman–Crippen MR) is 86.6 cm³/mol. The first-order valence-electron chi connectivity index (χ1n) is 7.68. The Bertz CT molecular complexity index is 387. The summed E-state index contributed by atoms with van der Waals surface area (Å²) >= 11 is 0. The molecular formula is C17H29N3. The highest BCUT2D eigenvalue weighted by Crippen LogP contribution is 2.09. The van der Waals surface area contributed by atoms with Crippen molar-refractivity contribution in [3.8, 4) is 6.07 Å². The monoisotopic (exact) mass is 275 g/mol. The SMILES string of the molecule is CC.CC.CN1CCN(Cc2cccc(C#N)c2)CC1. The van der Waals surface area contributed by atoms with Gasteiger partial charge in [-0.3, -0.25) is 4.90 Å². The topological polar surface area (TPSA) is 30.3 Å². The molecule has 2 rings (SSSR count). The molecule has 0 radical (unpaired) electrons. The second-order valence-corrected chi connectivity index (χ2v) is 4.39. The molecule has 3 heteroatoms. The van der Waals surface area contributed by atoms with Gasteiger partial charge in [0.25, 0.3) is 0 Å². The van der Waals surface area contributed by atoms with Gasteiger partial charge in [-0.1, -0.05) is 39.8 Å². The van der Waals surface area contributed by atoms with E-state index in [1.165, 1.54) is 5.56 Å². The third-order valence-electron chi connectivity index (χ3n) is 3.06. The number of hydrogen-bond donors (Lipinski definition) is 0. The van der Waals surface area contributed by atoms with Crippen molar-refractivity contribution in [2.75, 3.05) is 33.2 Å². The highest BCUT2D eigenvalue weighted by Gasteiger charge is 2.13. The van der Waals surface area contributed by atoms with Gasteiger partial charge in [0.15, 0.2) is 0 Å². The van der Waals surface area contributed by atoms with Crippen molar-refractivity contribution in [3.63, 3.8) is 0 Å². The summed E-state index contributed by atoms with van der Waals surface area (Å²) in [5.41, 5.74) is 2.00. The van der Waals surface area contributed by atoms with Gasteiger partial charge in [-0.2, -0.15) is 5.26 Å². The molecule has 1 aromatic carbocycles. The van der Waals surface area contributed by atoms with E-state index in [-0.39, 0.29) is 0 Å². The van der Waals surface area contributed by atoms with Crippen LogP contribution in [0.5, 0.6) is 0 Å². The largest absolute Gasteiger partial charge is 0.304 e. The molecule has 0 atom stereocenters. The fourth-order valence-corrected chi connectivity index (χ4v) is 2.00. The van der Waals surface area contributed by atoms with E-state index in [9.17, 15) is 0 Å². The van der Waals surface area contributed by atoms with Crippen molar-refractivity contribution in [1.29, 1.82) is 5.26 Å². The molecule has 20 heavy (non-hydrogen) atoms. The molecule has 0 aromatic heterocycles. The third-order valence-corrected chi connectivity index (χ3v) is 3.06. The van der Waals surface area contributed by atoms with Gasteiger partial charge in [-0.25, -0.2) is 0 Å². The molecule has 0 N–H and O–H groups in total. The van der Waals surface area contributed by atoms with E-state index < -0.39 is 0 Å². The van der Waals surface area contributed by atoms with Gasteiger partial charge in [-0.05, 0) is 24.7 Å². The van der Waals surface area contributed by atoms with Crippen LogP contribution in [0.1, 0.15) is 38.8 Å². The quantitative estimate of drug-likeness (QED) is 0.829. The molecule has 0 aliphatic carbocycles. The van der Waals surface area contributed by atoms with Gasteiger partial charge in [0, 0.05) is 32.7 Å². The number of benzene rings is 1. The Morgan fingerprint density at radius 2 is 1.65 bits per heavy atom. The van der Waals surface area contributed by atoms with E-state index in [1.54, 1.807) is 0 Å². The maximum Gasteiger partial charge on any atom is 0.0991 e. The Hall–Kier alpha value is -1.37. The Labute approximate surface area is 124 Å². The van der Waals surface area contributed by atoms with Crippen LogP contribution in [0.4, 0.5) is 0 Å². The number of nitrogens with zero attached hydrogens (tertiary/aromatic N) is 3. The molecular weight excluding hydrogens is 246 g/mol. The molecule has 1 aliphatic rings. The van der Waals surface area contributed by atoms with E-state index in [0.717, 1.165) is 38.3 Å². The van der Waals surface area contributed by atoms with Gasteiger partial charge < -0.3 is 4.90 Å². The minimum Gasteiger partial charge on any atom is -0.304 e. The van der Waals surface area contributed by atoms with E-state index in [1.807, 2.05) is 45.9 Å². The lowest BCUT2D eigenvalue weighted by Gasteiger charge is -2.32. The zero-order chi connectivity index (χ0) is 15.4. The highest BCUT2D eigenvalue weighted by atomic mass is 15.2. The molecule has 112 valence electrons. The van der Waals surface area contributed by atoms with Gasteiger partial charge in [0.05, 0.1) is 11.6 Å². The standard InChI is InChI=1S/C13H17N3.2C2H6/c1-15-5-7-16(8-6-15)11-13-4-2-3-12(9-13)10-14;2*1-2/h2-4,9H,5-8,11H2,1H3;2*1-2H3. The third kappa shape index (κ3) is 6.70. The van der Waals surface area contributed by atoms with Gasteiger partial charge >= 0.3 is 0 Å². The maximum atomic E-state index is 8.83. The van der Waals surface area contributed by atoms with Crippen LogP contribution in [0.2, 0.25) is 0 Å². The molecule has 3 nitrogen and oxygen atoms in total. The van der Waals surface area contributed by atoms with E-state index in [2.05, 4.69) is 29.0 Å². The number of hydrogen-bond acceptors (Lipinski definition) is 3. The van der Waals surface area contributed by atoms with Gasteiger partial charge in [0.2, 0.25) is 0 Å². The summed E-state index contributed by atoms with van der Waals surface area (Å²) < 4.78 is 0. The highest BCUT2D eigenvalue weighted by molar-refractivity contribution is 5.32. The van der Waals surface area contributed by atoms with Crippen LogP contribution in [-0.4, -0.2) is 43.0 Å². The van der Waals surface area contributed by atoms with Crippen molar-refractivity contribution in [2.45, 2.75) is 34.2 Å². The van der Waals surface area contributed by atoms with Crippen molar-refractivity contribution in [2.24, 2.45) is 0 Å². The van der Waals surface area contributed by atoms with E-state index in [0.29, 0.717) is 0 Å². The van der Waals surface area contributed by atoms with Crippen LogP contribution in [0.3, 0.4) is 0 Å². The zero-order valence-corrected chi connectivity index (χ0v) is 13.7. The van der Waals surface area contributed by atoms with Crippen LogP contribution >= 0.6 is 0 Å². The first-order chi connectivity index (χ1) is 9.78. The summed E-state index contributed by atoms with van der Waals surface area (Å²) in [6, 6.07) is 10.1. The fourth-order valence-electron chi connectivity index (χ4n) is 2.00. The number of nitriles is 1. The van der Waals surface area contributed by atoms with Crippen molar-refractivity contribution in [1.82, 2.24) is 9.80 Å². The lowest BCUT2D eigenvalue weighted by atomic mass is 10.1. The molecule has 1 fully saturated rings. The normalized spacial score (nSPS) is 15.2. The Morgan fingerprint density at radius 1 is 1.05 bits per heavy atom. The summed E-state index contributed by atoms with van der Waals surface area (Å²) in [6.07, 6.45) is 0. The maximum absolute atomic E-state index is 8.83. The van der Waals surface area contributed by atoms with Crippen molar-refractivity contribution >= 4 is 0 Å². The molecule has 0 bridgehead atoms. The lowest BCUT2D eigenvalue weighted by molar-refractivity contribution is 0.148. The average Bonchev–Trinajstić information content (AvgIpc) is 2.54. The van der Waals surface area contributed by atoms with Crippen molar-refractivity contribution < 1.29 is 0 Å². The van der Waals surface area contributed by atoms with Crippen LogP contribution in [-0.2, 0) is 6.54 Å². The van der Waals surface area contributed by atoms with Crippen LogP contribution < -0.4 is 0 Å². The summed E-state index contributed by atoms with van der Waals surface area (Å²) in [4.78, 5) is 4.79. The summed E-state index contributed by atoms with van der Waals surface area (Å²) in [6.45, 7) is 13.5. The first kappa shape index (κ1) is 18.6. The molecule has 1 aliphatic heterocycles. The fraction of sp³-hybridized carbons (Fsp3) is 0.588. The summed E-state index contributed by atoms with van der Waals surface area (Å²) in [7, 11) is 2.16. The predicted octanol–water partition coefficient (Wildman–Crippen LogP) is 3.36. The van der Waals surface area contributed by atoms with Crippen LogP contribution in [0, 0.1) is 11.3 Å². The second-order valence-electron chi connectivity index (χ2n) is 4.39. The molecule has 0 spiro atoms.